The highest BCUT2D eigenvalue weighted by Crippen LogP contribution is 2.35. The first-order valence-electron chi connectivity index (χ1n) is 9.22. The summed E-state index contributed by atoms with van der Waals surface area (Å²) in [5, 5.41) is 5.77. The SMILES string of the molecule is CCOc1cc(F)ccc1/C(=C/c1ccc(NC)c(NC=O)c1)C(C)=C(C)C. The van der Waals surface area contributed by atoms with Gasteiger partial charge in [-0.25, -0.2) is 4.39 Å². The van der Waals surface area contributed by atoms with Crippen molar-refractivity contribution in [1.82, 2.24) is 0 Å². The van der Waals surface area contributed by atoms with Crippen molar-refractivity contribution >= 4 is 29.4 Å². The van der Waals surface area contributed by atoms with Crippen LogP contribution < -0.4 is 15.4 Å². The first kappa shape index (κ1) is 21.2. The number of hydrogen-bond donors (Lipinski definition) is 2. The molecular weight excluding hydrogens is 355 g/mol. The second kappa shape index (κ2) is 9.74. The molecule has 0 radical (unpaired) electrons. The quantitative estimate of drug-likeness (QED) is 0.348. The van der Waals surface area contributed by atoms with Crippen LogP contribution in [0, 0.1) is 5.82 Å². The number of allylic oxidation sites excluding steroid dienone is 3. The molecule has 0 spiro atoms. The highest BCUT2D eigenvalue weighted by molar-refractivity contribution is 5.94. The predicted molar refractivity (Wildman–Crippen MR) is 115 cm³/mol. The van der Waals surface area contributed by atoms with Crippen LogP contribution in [-0.2, 0) is 4.79 Å². The van der Waals surface area contributed by atoms with E-state index in [1.807, 2.05) is 52.0 Å². The molecule has 2 rings (SSSR count). The van der Waals surface area contributed by atoms with Crippen LogP contribution in [-0.4, -0.2) is 20.1 Å². The molecule has 148 valence electrons. The fourth-order valence-corrected chi connectivity index (χ4v) is 2.87. The van der Waals surface area contributed by atoms with Gasteiger partial charge in [0.15, 0.2) is 0 Å². The first-order valence-corrected chi connectivity index (χ1v) is 9.22. The van der Waals surface area contributed by atoms with Gasteiger partial charge in [0.25, 0.3) is 0 Å². The van der Waals surface area contributed by atoms with E-state index in [4.69, 9.17) is 4.74 Å². The Morgan fingerprint density at radius 3 is 2.46 bits per heavy atom. The van der Waals surface area contributed by atoms with Crippen molar-refractivity contribution in [3.05, 3.63) is 64.5 Å². The molecule has 0 aromatic heterocycles. The van der Waals surface area contributed by atoms with Crippen LogP contribution in [0.2, 0.25) is 0 Å². The molecule has 4 nitrogen and oxygen atoms in total. The molecule has 0 fully saturated rings. The molecular formula is C23H27FN2O2. The summed E-state index contributed by atoms with van der Waals surface area (Å²) in [4.78, 5) is 10.9. The Hall–Kier alpha value is -3.08. The van der Waals surface area contributed by atoms with Crippen LogP contribution in [0.1, 0.15) is 38.8 Å². The highest BCUT2D eigenvalue weighted by atomic mass is 19.1. The van der Waals surface area contributed by atoms with E-state index in [1.54, 1.807) is 13.1 Å². The smallest absolute Gasteiger partial charge is 0.211 e. The topological polar surface area (TPSA) is 50.4 Å². The minimum absolute atomic E-state index is 0.336. The summed E-state index contributed by atoms with van der Waals surface area (Å²) < 4.78 is 19.5. The first-order chi connectivity index (χ1) is 13.4. The van der Waals surface area contributed by atoms with Gasteiger partial charge in [0.05, 0.1) is 18.0 Å². The molecule has 1 amide bonds. The molecule has 0 saturated heterocycles. The summed E-state index contributed by atoms with van der Waals surface area (Å²) in [6, 6.07) is 10.3. The highest BCUT2D eigenvalue weighted by Gasteiger charge is 2.14. The average molecular weight is 382 g/mol. The molecule has 5 heteroatoms. The molecule has 0 heterocycles. The predicted octanol–water partition coefficient (Wildman–Crippen LogP) is 5.73. The summed E-state index contributed by atoms with van der Waals surface area (Å²) in [7, 11) is 1.80. The van der Waals surface area contributed by atoms with Gasteiger partial charge in [-0.15, -0.1) is 0 Å². The number of benzene rings is 2. The Kier molecular flexibility index (Phi) is 7.38. The Balaban J connectivity index is 2.68. The van der Waals surface area contributed by atoms with Gasteiger partial charge >= 0.3 is 0 Å². The van der Waals surface area contributed by atoms with Gasteiger partial charge < -0.3 is 15.4 Å². The Labute approximate surface area is 166 Å². The molecule has 2 aromatic carbocycles. The zero-order valence-electron chi connectivity index (χ0n) is 17.0. The number of ether oxygens (including phenoxy) is 1. The minimum Gasteiger partial charge on any atom is -0.493 e. The van der Waals surface area contributed by atoms with Crippen molar-refractivity contribution in [1.29, 1.82) is 0 Å². The average Bonchev–Trinajstić information content (AvgIpc) is 2.67. The maximum Gasteiger partial charge on any atom is 0.211 e. The van der Waals surface area contributed by atoms with Gasteiger partial charge in [0.2, 0.25) is 6.41 Å². The van der Waals surface area contributed by atoms with Gasteiger partial charge in [0.1, 0.15) is 11.6 Å². The molecule has 0 aliphatic carbocycles. The van der Waals surface area contributed by atoms with Crippen LogP contribution in [0.15, 0.2) is 47.5 Å². The maximum absolute atomic E-state index is 13.8. The number of carbonyl (C=O) groups excluding carboxylic acids is 1. The molecule has 28 heavy (non-hydrogen) atoms. The van der Waals surface area contributed by atoms with Crippen LogP contribution in [0.3, 0.4) is 0 Å². The molecule has 0 atom stereocenters. The number of nitrogens with one attached hydrogen (secondary N) is 2. The second-order valence-corrected chi connectivity index (χ2v) is 6.57. The van der Waals surface area contributed by atoms with E-state index in [1.165, 1.54) is 12.1 Å². The van der Waals surface area contributed by atoms with Gasteiger partial charge in [-0.2, -0.15) is 0 Å². The molecule has 2 N–H and O–H groups in total. The number of rotatable bonds is 8. The van der Waals surface area contributed by atoms with E-state index in [9.17, 15) is 9.18 Å². The number of anilines is 2. The fourth-order valence-electron chi connectivity index (χ4n) is 2.87. The summed E-state index contributed by atoms with van der Waals surface area (Å²) >= 11 is 0. The Morgan fingerprint density at radius 1 is 1.11 bits per heavy atom. The lowest BCUT2D eigenvalue weighted by Crippen LogP contribution is -2.01. The third-order valence-electron chi connectivity index (χ3n) is 4.53. The molecule has 0 aliphatic rings. The monoisotopic (exact) mass is 382 g/mol. The van der Waals surface area contributed by atoms with Gasteiger partial charge in [-0.1, -0.05) is 11.6 Å². The normalized spacial score (nSPS) is 11.0. The van der Waals surface area contributed by atoms with Gasteiger partial charge in [-0.3, -0.25) is 4.79 Å². The van der Waals surface area contributed by atoms with E-state index in [0.717, 1.165) is 33.5 Å². The zero-order valence-corrected chi connectivity index (χ0v) is 17.0. The van der Waals surface area contributed by atoms with E-state index >= 15 is 0 Å². The van der Waals surface area contributed by atoms with Crippen molar-refractivity contribution in [3.63, 3.8) is 0 Å². The van der Waals surface area contributed by atoms with Crippen LogP contribution >= 0.6 is 0 Å². The van der Waals surface area contributed by atoms with Gasteiger partial charge in [-0.05, 0) is 74.7 Å². The van der Waals surface area contributed by atoms with Crippen molar-refractivity contribution in [3.8, 4) is 5.75 Å². The Morgan fingerprint density at radius 2 is 1.86 bits per heavy atom. The minimum atomic E-state index is -0.336. The summed E-state index contributed by atoms with van der Waals surface area (Å²) in [5.74, 6) is 0.171. The number of halogens is 1. The second-order valence-electron chi connectivity index (χ2n) is 6.57. The zero-order chi connectivity index (χ0) is 20.7. The number of hydrogen-bond acceptors (Lipinski definition) is 3. The number of carbonyl (C=O) groups is 1. The van der Waals surface area contributed by atoms with Crippen molar-refractivity contribution in [2.45, 2.75) is 27.7 Å². The van der Waals surface area contributed by atoms with Crippen LogP contribution in [0.5, 0.6) is 5.75 Å². The third-order valence-corrected chi connectivity index (χ3v) is 4.53. The Bertz CT molecular complexity index is 913. The lowest BCUT2D eigenvalue weighted by molar-refractivity contribution is -0.105. The third kappa shape index (κ3) is 5.00. The number of amides is 1. The van der Waals surface area contributed by atoms with E-state index in [-0.39, 0.29) is 5.82 Å². The van der Waals surface area contributed by atoms with Crippen LogP contribution in [0.4, 0.5) is 15.8 Å². The van der Waals surface area contributed by atoms with Crippen molar-refractivity contribution in [2.24, 2.45) is 0 Å². The summed E-state index contributed by atoms with van der Waals surface area (Å²) in [5.41, 5.74) is 6.41. The standard InChI is InChI=1S/C23H27FN2O2/c1-6-28-23-13-18(24)8-9-19(23)20(16(4)15(2)3)11-17-7-10-21(25-5)22(12-17)26-14-27/h7-14,25H,6H2,1-5H3,(H,26,27)/b20-11+. The van der Waals surface area contributed by atoms with Crippen LogP contribution in [0.25, 0.3) is 11.6 Å². The molecule has 0 bridgehead atoms. The maximum atomic E-state index is 13.8. The van der Waals surface area contributed by atoms with E-state index in [0.29, 0.717) is 24.5 Å². The molecule has 2 aromatic rings. The lowest BCUT2D eigenvalue weighted by Gasteiger charge is -2.16. The van der Waals surface area contributed by atoms with Crippen molar-refractivity contribution in [2.75, 3.05) is 24.3 Å². The molecule has 0 aliphatic heterocycles. The fraction of sp³-hybridized carbons (Fsp3) is 0.261. The van der Waals surface area contributed by atoms with Gasteiger partial charge in [0, 0.05) is 18.7 Å². The molecule has 0 saturated carbocycles. The van der Waals surface area contributed by atoms with E-state index in [2.05, 4.69) is 10.6 Å². The van der Waals surface area contributed by atoms with E-state index < -0.39 is 0 Å². The summed E-state index contributed by atoms with van der Waals surface area (Å²) in [6.07, 6.45) is 2.67. The van der Waals surface area contributed by atoms with Crippen molar-refractivity contribution < 1.29 is 13.9 Å². The molecule has 0 unspecified atom stereocenters. The lowest BCUT2D eigenvalue weighted by atomic mass is 9.93. The summed E-state index contributed by atoms with van der Waals surface area (Å²) in [6.45, 7) is 8.43. The largest absolute Gasteiger partial charge is 0.493 e.